The first-order valence-corrected chi connectivity index (χ1v) is 16.1. The number of hydrogen-bond acceptors (Lipinski definition) is 5. The highest BCUT2D eigenvalue weighted by molar-refractivity contribution is 6.42. The van der Waals surface area contributed by atoms with Gasteiger partial charge >= 0.3 is 11.8 Å². The Hall–Kier alpha value is -3.16. The number of carbonyl (C=O) groups excluding carboxylic acids is 2. The molecule has 5 N–H and O–H groups in total. The molecule has 1 aromatic carbocycles. The molecule has 1 aromatic heterocycles. The Morgan fingerprint density at radius 1 is 0.762 bits per heavy atom. The molecule has 42 heavy (non-hydrogen) atoms. The van der Waals surface area contributed by atoms with Crippen molar-refractivity contribution in [3.8, 4) is 17.5 Å². The quantitative estimate of drug-likeness (QED) is 0.0644. The van der Waals surface area contributed by atoms with Gasteiger partial charge in [0, 0.05) is 22.9 Å². The van der Waals surface area contributed by atoms with E-state index in [1.807, 2.05) is 20.8 Å². The molecule has 0 fully saturated rings. The third-order valence-corrected chi connectivity index (χ3v) is 8.42. The van der Waals surface area contributed by atoms with E-state index in [1.54, 1.807) is 19.1 Å². The predicted octanol–water partition coefficient (Wildman–Crippen LogP) is 8.33. The van der Waals surface area contributed by atoms with Crippen molar-refractivity contribution in [2.75, 3.05) is 10.7 Å². The van der Waals surface area contributed by atoms with Crippen LogP contribution in [0, 0.1) is 6.92 Å². The Morgan fingerprint density at radius 3 is 1.81 bits per heavy atom. The van der Waals surface area contributed by atoms with Gasteiger partial charge in [-0.25, -0.2) is 5.43 Å². The topological polar surface area (TPSA) is 124 Å². The Morgan fingerprint density at radius 2 is 1.29 bits per heavy atom. The summed E-state index contributed by atoms with van der Waals surface area (Å²) in [6.45, 7) is 9.98. The van der Waals surface area contributed by atoms with Gasteiger partial charge in [-0.15, -0.1) is 0 Å². The molecule has 0 aliphatic heterocycles. The zero-order valence-corrected chi connectivity index (χ0v) is 26.7. The fourth-order valence-corrected chi connectivity index (χ4v) is 5.24. The standard InChI is InChI=1S/C34H55N3O5/c1-6-8-9-10-11-12-13-14-15-16-17-18-19-20-21-26-23-29(38)37(33(26)42)36-32(41)31(40)35-27-22-25(3)30(39)28(24-27)34(4,5)7-2/h22-24,38-39,42H,6-21H2,1-5H3,(H,35,40)(H,36,41). The second kappa shape index (κ2) is 17.7. The summed E-state index contributed by atoms with van der Waals surface area (Å²) in [5.41, 5.74) is 4.09. The molecule has 0 spiro atoms. The number of nitrogens with one attached hydrogen (secondary N) is 2. The van der Waals surface area contributed by atoms with E-state index in [4.69, 9.17) is 0 Å². The van der Waals surface area contributed by atoms with E-state index in [2.05, 4.69) is 17.7 Å². The van der Waals surface area contributed by atoms with Gasteiger partial charge < -0.3 is 20.6 Å². The minimum absolute atomic E-state index is 0.165. The second-order valence-corrected chi connectivity index (χ2v) is 12.4. The van der Waals surface area contributed by atoms with Crippen LogP contribution < -0.4 is 10.7 Å². The largest absolute Gasteiger partial charge is 0.507 e. The van der Waals surface area contributed by atoms with E-state index in [9.17, 15) is 24.9 Å². The number of aryl methyl sites for hydroxylation is 2. The lowest BCUT2D eigenvalue weighted by Crippen LogP contribution is -2.34. The third kappa shape index (κ3) is 10.9. The van der Waals surface area contributed by atoms with E-state index in [0.29, 0.717) is 28.8 Å². The summed E-state index contributed by atoms with van der Waals surface area (Å²) < 4.78 is 0.828. The van der Waals surface area contributed by atoms with Crippen molar-refractivity contribution in [1.82, 2.24) is 4.68 Å². The maximum atomic E-state index is 12.6. The number of aromatic hydroxyl groups is 3. The van der Waals surface area contributed by atoms with Crippen LogP contribution in [0.2, 0.25) is 0 Å². The summed E-state index contributed by atoms with van der Waals surface area (Å²) in [5, 5.41) is 34.0. The van der Waals surface area contributed by atoms with Crippen LogP contribution in [-0.2, 0) is 21.4 Å². The zero-order chi connectivity index (χ0) is 31.1. The molecule has 2 amide bonds. The van der Waals surface area contributed by atoms with Crippen LogP contribution in [0.5, 0.6) is 17.5 Å². The lowest BCUT2D eigenvalue weighted by atomic mass is 9.80. The van der Waals surface area contributed by atoms with Crippen molar-refractivity contribution in [2.45, 2.75) is 143 Å². The van der Waals surface area contributed by atoms with Gasteiger partial charge in [0.25, 0.3) is 0 Å². The van der Waals surface area contributed by atoms with Gasteiger partial charge in [0.05, 0.1) is 0 Å². The normalized spacial score (nSPS) is 11.5. The number of phenols is 1. The number of amides is 2. The highest BCUT2D eigenvalue weighted by Gasteiger charge is 2.25. The molecule has 0 unspecified atom stereocenters. The van der Waals surface area contributed by atoms with E-state index < -0.39 is 11.8 Å². The molecule has 2 rings (SSSR count). The smallest absolute Gasteiger partial charge is 0.328 e. The molecule has 0 saturated carbocycles. The monoisotopic (exact) mass is 585 g/mol. The number of rotatable bonds is 19. The van der Waals surface area contributed by atoms with Crippen LogP contribution >= 0.6 is 0 Å². The average Bonchev–Trinajstić information content (AvgIpc) is 3.22. The number of carbonyl (C=O) groups is 2. The first-order valence-electron chi connectivity index (χ1n) is 16.1. The number of phenolic OH excluding ortho intramolecular Hbond substituents is 1. The van der Waals surface area contributed by atoms with Crippen molar-refractivity contribution in [3.05, 3.63) is 34.9 Å². The Labute approximate surface area is 252 Å². The highest BCUT2D eigenvalue weighted by Crippen LogP contribution is 2.37. The predicted molar refractivity (Wildman–Crippen MR) is 171 cm³/mol. The fourth-order valence-electron chi connectivity index (χ4n) is 5.24. The maximum Gasteiger partial charge on any atom is 0.328 e. The SMILES string of the molecule is CCCCCCCCCCCCCCCCc1cc(O)n(NC(=O)C(=O)Nc2cc(C)c(O)c(C(C)(C)CC)c2)c1O. The molecular formula is C34H55N3O5. The van der Waals surface area contributed by atoms with Gasteiger partial charge in [0.1, 0.15) is 5.75 Å². The van der Waals surface area contributed by atoms with Gasteiger partial charge in [-0.3, -0.25) is 9.59 Å². The third-order valence-electron chi connectivity index (χ3n) is 8.42. The summed E-state index contributed by atoms with van der Waals surface area (Å²) >= 11 is 0. The maximum absolute atomic E-state index is 12.6. The number of hydrogen-bond donors (Lipinski definition) is 5. The summed E-state index contributed by atoms with van der Waals surface area (Å²) in [5.74, 6) is -2.46. The minimum atomic E-state index is -1.04. The lowest BCUT2D eigenvalue weighted by Gasteiger charge is -2.26. The minimum Gasteiger partial charge on any atom is -0.507 e. The van der Waals surface area contributed by atoms with Crippen molar-refractivity contribution in [2.24, 2.45) is 0 Å². The molecule has 1 heterocycles. The van der Waals surface area contributed by atoms with Gasteiger partial charge in [-0.2, -0.15) is 4.68 Å². The van der Waals surface area contributed by atoms with Gasteiger partial charge in [-0.1, -0.05) is 111 Å². The van der Waals surface area contributed by atoms with E-state index in [-0.39, 0.29) is 22.9 Å². The molecule has 0 aliphatic carbocycles. The number of unbranched alkanes of at least 4 members (excludes halogenated alkanes) is 13. The summed E-state index contributed by atoms with van der Waals surface area (Å²) in [4.78, 5) is 25.2. The molecule has 0 aliphatic rings. The van der Waals surface area contributed by atoms with E-state index in [0.717, 1.165) is 30.4 Å². The molecular weight excluding hydrogens is 530 g/mol. The molecule has 0 bridgehead atoms. The number of benzene rings is 1. The van der Waals surface area contributed by atoms with Crippen LogP contribution in [0.25, 0.3) is 0 Å². The van der Waals surface area contributed by atoms with E-state index >= 15 is 0 Å². The van der Waals surface area contributed by atoms with Gasteiger partial charge in [0.15, 0.2) is 0 Å². The van der Waals surface area contributed by atoms with Crippen LogP contribution in [0.15, 0.2) is 18.2 Å². The van der Waals surface area contributed by atoms with Crippen molar-refractivity contribution >= 4 is 17.5 Å². The molecule has 0 saturated heterocycles. The average molecular weight is 586 g/mol. The van der Waals surface area contributed by atoms with E-state index in [1.165, 1.54) is 76.7 Å². The Balaban J connectivity index is 1.76. The molecule has 8 nitrogen and oxygen atoms in total. The first kappa shape index (κ1) is 35.0. The van der Waals surface area contributed by atoms with Crippen LogP contribution in [0.1, 0.15) is 141 Å². The van der Waals surface area contributed by atoms with Crippen molar-refractivity contribution in [1.29, 1.82) is 0 Å². The highest BCUT2D eigenvalue weighted by atomic mass is 16.3. The lowest BCUT2D eigenvalue weighted by molar-refractivity contribution is -0.133. The van der Waals surface area contributed by atoms with Crippen molar-refractivity contribution < 1.29 is 24.9 Å². The summed E-state index contributed by atoms with van der Waals surface area (Å²) in [7, 11) is 0. The number of anilines is 1. The number of aromatic nitrogens is 1. The second-order valence-electron chi connectivity index (χ2n) is 12.4. The van der Waals surface area contributed by atoms with Crippen LogP contribution in [-0.4, -0.2) is 31.8 Å². The van der Waals surface area contributed by atoms with Crippen LogP contribution in [0.4, 0.5) is 5.69 Å². The molecule has 2 aromatic rings. The first-order chi connectivity index (χ1) is 20.0. The molecule has 0 radical (unpaired) electrons. The van der Waals surface area contributed by atoms with Gasteiger partial charge in [0.2, 0.25) is 11.8 Å². The Kier molecular flexibility index (Phi) is 14.8. The fraction of sp³-hybridized carbons (Fsp3) is 0.647. The van der Waals surface area contributed by atoms with Gasteiger partial charge in [-0.05, 0) is 49.3 Å². The molecule has 0 atom stereocenters. The summed E-state index contributed by atoms with van der Waals surface area (Å²) in [6, 6.07) is 4.67. The zero-order valence-electron chi connectivity index (χ0n) is 26.7. The molecule has 236 valence electrons. The van der Waals surface area contributed by atoms with Crippen LogP contribution in [0.3, 0.4) is 0 Å². The summed E-state index contributed by atoms with van der Waals surface area (Å²) in [6.07, 6.45) is 19.0. The molecule has 8 heteroatoms. The Bertz CT molecular complexity index is 1140. The number of nitrogens with zero attached hydrogens (tertiary/aromatic N) is 1. The van der Waals surface area contributed by atoms with Crippen molar-refractivity contribution in [3.63, 3.8) is 0 Å².